The van der Waals surface area contributed by atoms with E-state index in [1.54, 1.807) is 0 Å². The third-order valence-electron chi connectivity index (χ3n) is 3.42. The van der Waals surface area contributed by atoms with Crippen molar-refractivity contribution < 1.29 is 20.1 Å². The van der Waals surface area contributed by atoms with E-state index >= 15 is 0 Å². The van der Waals surface area contributed by atoms with Crippen LogP contribution >= 0.6 is 0 Å². The van der Waals surface area contributed by atoms with Crippen LogP contribution in [0.3, 0.4) is 0 Å². The molecule has 8 nitrogen and oxygen atoms in total. The predicted molar refractivity (Wildman–Crippen MR) is 70.0 cm³/mol. The Morgan fingerprint density at radius 2 is 2.10 bits per heavy atom. The Morgan fingerprint density at radius 1 is 1.45 bits per heavy atom. The summed E-state index contributed by atoms with van der Waals surface area (Å²) in [5.41, 5.74) is 5.65. The van der Waals surface area contributed by atoms with E-state index in [-0.39, 0.29) is 11.7 Å². The summed E-state index contributed by atoms with van der Waals surface area (Å²) < 4.78 is 6.40. The van der Waals surface area contributed by atoms with Gasteiger partial charge in [-0.25, -0.2) is 4.79 Å². The van der Waals surface area contributed by atoms with Gasteiger partial charge in [0, 0.05) is 11.8 Å². The number of ether oxygens (including phenoxy) is 1. The molecule has 1 aromatic heterocycles. The molecule has 5 N–H and O–H groups in total. The van der Waals surface area contributed by atoms with Gasteiger partial charge in [-0.15, -0.1) is 0 Å². The third-order valence-corrected chi connectivity index (χ3v) is 3.42. The second-order valence-corrected chi connectivity index (χ2v) is 5.15. The maximum absolute atomic E-state index is 11.9. The third kappa shape index (κ3) is 2.42. The van der Waals surface area contributed by atoms with Gasteiger partial charge in [0.25, 0.3) is 0 Å². The minimum atomic E-state index is -1.32. The van der Waals surface area contributed by atoms with Crippen LogP contribution in [-0.4, -0.2) is 49.8 Å². The molecule has 0 spiro atoms. The SMILES string of the molecule is CC(C)c1cn([C@@H]2O[C@H](CO)[C@H](O)[C@H]2O)c(=O)nc1N. The van der Waals surface area contributed by atoms with Gasteiger partial charge in [0.2, 0.25) is 0 Å². The molecule has 0 bridgehead atoms. The normalized spacial score (nSPS) is 30.1. The number of aliphatic hydroxyl groups excluding tert-OH is 3. The predicted octanol–water partition coefficient (Wildman–Crippen LogP) is -1.44. The zero-order valence-electron chi connectivity index (χ0n) is 11.3. The lowest BCUT2D eigenvalue weighted by atomic mass is 10.1. The van der Waals surface area contributed by atoms with Crippen LogP contribution in [0.4, 0.5) is 5.82 Å². The van der Waals surface area contributed by atoms with Crippen molar-refractivity contribution in [3.8, 4) is 0 Å². The quantitative estimate of drug-likeness (QED) is 0.535. The Balaban J connectivity index is 2.43. The van der Waals surface area contributed by atoms with Crippen LogP contribution in [0.15, 0.2) is 11.0 Å². The number of rotatable bonds is 3. The molecule has 2 rings (SSSR count). The van der Waals surface area contributed by atoms with Crippen LogP contribution in [0.1, 0.15) is 31.6 Å². The second kappa shape index (κ2) is 5.49. The fourth-order valence-corrected chi connectivity index (χ4v) is 2.23. The highest BCUT2D eigenvalue weighted by Crippen LogP contribution is 2.29. The monoisotopic (exact) mass is 285 g/mol. The fourth-order valence-electron chi connectivity index (χ4n) is 2.23. The number of hydrogen-bond donors (Lipinski definition) is 4. The van der Waals surface area contributed by atoms with Crippen molar-refractivity contribution >= 4 is 5.82 Å². The Kier molecular flexibility index (Phi) is 4.09. The van der Waals surface area contributed by atoms with Crippen LogP contribution in [0, 0.1) is 0 Å². The number of aromatic nitrogens is 2. The van der Waals surface area contributed by atoms with Crippen LogP contribution in [0.2, 0.25) is 0 Å². The molecule has 1 fully saturated rings. The molecule has 2 heterocycles. The summed E-state index contributed by atoms with van der Waals surface area (Å²) in [4.78, 5) is 15.6. The number of nitrogens with two attached hydrogens (primary N) is 1. The Labute approximate surface area is 115 Å². The van der Waals surface area contributed by atoms with E-state index in [0.29, 0.717) is 5.56 Å². The van der Waals surface area contributed by atoms with Gasteiger partial charge in [0.15, 0.2) is 6.23 Å². The molecule has 4 atom stereocenters. The van der Waals surface area contributed by atoms with Crippen molar-refractivity contribution in [2.75, 3.05) is 12.3 Å². The van der Waals surface area contributed by atoms with E-state index in [1.807, 2.05) is 13.8 Å². The van der Waals surface area contributed by atoms with E-state index in [2.05, 4.69) is 4.98 Å². The summed E-state index contributed by atoms with van der Waals surface area (Å²) in [6, 6.07) is 0. The maximum atomic E-state index is 11.9. The highest BCUT2D eigenvalue weighted by molar-refractivity contribution is 5.39. The van der Waals surface area contributed by atoms with Crippen molar-refractivity contribution in [3.05, 3.63) is 22.2 Å². The molecule has 0 radical (unpaired) electrons. The average Bonchev–Trinajstić information content (AvgIpc) is 2.66. The molecule has 0 unspecified atom stereocenters. The van der Waals surface area contributed by atoms with Crippen LogP contribution in [0.25, 0.3) is 0 Å². The highest BCUT2D eigenvalue weighted by Gasteiger charge is 2.43. The first kappa shape index (κ1) is 14.9. The van der Waals surface area contributed by atoms with Crippen molar-refractivity contribution in [2.45, 2.75) is 44.3 Å². The summed E-state index contributed by atoms with van der Waals surface area (Å²) in [6.45, 7) is 3.32. The van der Waals surface area contributed by atoms with Gasteiger partial charge in [-0.3, -0.25) is 4.57 Å². The zero-order chi connectivity index (χ0) is 15.0. The zero-order valence-corrected chi connectivity index (χ0v) is 11.3. The lowest BCUT2D eigenvalue weighted by Crippen LogP contribution is -2.36. The Hall–Kier alpha value is -1.48. The summed E-state index contributed by atoms with van der Waals surface area (Å²) in [7, 11) is 0. The van der Waals surface area contributed by atoms with Gasteiger partial charge in [-0.1, -0.05) is 13.8 Å². The van der Waals surface area contributed by atoms with Gasteiger partial charge in [-0.05, 0) is 5.92 Å². The van der Waals surface area contributed by atoms with Crippen molar-refractivity contribution in [1.82, 2.24) is 9.55 Å². The summed E-state index contributed by atoms with van der Waals surface area (Å²) in [5, 5.41) is 28.7. The molecule has 8 heteroatoms. The first-order valence-corrected chi connectivity index (χ1v) is 6.37. The molecule has 1 aromatic rings. The standard InChI is InChI=1S/C12H19N3O5/c1-5(2)6-3-15(12(19)14-10(6)13)11-9(18)8(17)7(4-16)20-11/h3,5,7-9,11,16-18H,4H2,1-2H3,(H2,13,14,19)/t7-,8+,9-,11-/m1/s1. The fraction of sp³-hybridized carbons (Fsp3) is 0.667. The number of nitrogens with zero attached hydrogens (tertiary/aromatic N) is 2. The molecule has 1 aliphatic heterocycles. The van der Waals surface area contributed by atoms with Gasteiger partial charge < -0.3 is 25.8 Å². The highest BCUT2D eigenvalue weighted by atomic mass is 16.6. The molecule has 0 aliphatic carbocycles. The van der Waals surface area contributed by atoms with Gasteiger partial charge in [-0.2, -0.15) is 4.98 Å². The van der Waals surface area contributed by atoms with Crippen LogP contribution < -0.4 is 11.4 Å². The van der Waals surface area contributed by atoms with Gasteiger partial charge in [0.05, 0.1) is 6.61 Å². The molecule has 1 saturated heterocycles. The first-order chi connectivity index (χ1) is 9.36. The largest absolute Gasteiger partial charge is 0.394 e. The maximum Gasteiger partial charge on any atom is 0.351 e. The topological polar surface area (TPSA) is 131 Å². The molecule has 112 valence electrons. The summed E-state index contributed by atoms with van der Waals surface area (Å²) in [5.74, 6) is 0.166. The van der Waals surface area contributed by atoms with Gasteiger partial charge >= 0.3 is 5.69 Å². The Morgan fingerprint density at radius 3 is 2.60 bits per heavy atom. The molecular formula is C12H19N3O5. The van der Waals surface area contributed by atoms with Crippen molar-refractivity contribution in [1.29, 1.82) is 0 Å². The van der Waals surface area contributed by atoms with Crippen molar-refractivity contribution in [2.24, 2.45) is 0 Å². The van der Waals surface area contributed by atoms with E-state index in [9.17, 15) is 15.0 Å². The van der Waals surface area contributed by atoms with Crippen LogP contribution in [0.5, 0.6) is 0 Å². The molecular weight excluding hydrogens is 266 g/mol. The lowest BCUT2D eigenvalue weighted by molar-refractivity contribution is -0.0550. The average molecular weight is 285 g/mol. The molecule has 1 aliphatic rings. The number of anilines is 1. The Bertz CT molecular complexity index is 544. The second-order valence-electron chi connectivity index (χ2n) is 5.15. The van der Waals surface area contributed by atoms with E-state index in [1.165, 1.54) is 6.20 Å². The lowest BCUT2D eigenvalue weighted by Gasteiger charge is -2.19. The summed E-state index contributed by atoms with van der Waals surface area (Å²) >= 11 is 0. The smallest absolute Gasteiger partial charge is 0.351 e. The van der Waals surface area contributed by atoms with E-state index < -0.39 is 36.8 Å². The summed E-state index contributed by atoms with van der Waals surface area (Å²) in [6.07, 6.45) is -3.16. The minimum Gasteiger partial charge on any atom is -0.394 e. The molecule has 0 aromatic carbocycles. The number of aliphatic hydroxyl groups is 3. The minimum absolute atomic E-state index is 0.0338. The van der Waals surface area contributed by atoms with E-state index in [4.69, 9.17) is 15.6 Å². The van der Waals surface area contributed by atoms with E-state index in [0.717, 1.165) is 4.57 Å². The van der Waals surface area contributed by atoms with Crippen molar-refractivity contribution in [3.63, 3.8) is 0 Å². The molecule has 0 saturated carbocycles. The number of nitrogen functional groups attached to an aromatic ring is 1. The molecule has 0 amide bonds. The van der Waals surface area contributed by atoms with Crippen LogP contribution in [-0.2, 0) is 4.74 Å². The first-order valence-electron chi connectivity index (χ1n) is 6.37. The molecule has 20 heavy (non-hydrogen) atoms. The number of hydrogen-bond acceptors (Lipinski definition) is 7. The van der Waals surface area contributed by atoms with Gasteiger partial charge in [0.1, 0.15) is 24.1 Å².